The predicted molar refractivity (Wildman–Crippen MR) is 53.3 cm³/mol. The number of nitrogens with zero attached hydrogens (tertiary/aromatic N) is 1. The molecule has 0 N–H and O–H groups in total. The fraction of sp³-hybridized carbons (Fsp3) is 0.250. The van der Waals surface area contributed by atoms with Crippen LogP contribution in [0.2, 0.25) is 0 Å². The summed E-state index contributed by atoms with van der Waals surface area (Å²) in [6.45, 7) is 1.56. The van der Waals surface area contributed by atoms with Crippen LogP contribution in [0.4, 0.5) is 5.69 Å². The van der Waals surface area contributed by atoms with Gasteiger partial charge in [-0.2, -0.15) is 8.42 Å². The summed E-state index contributed by atoms with van der Waals surface area (Å²) in [7, 11) is -3.66. The number of aryl methyl sites for hydroxylation is 1. The first-order chi connectivity index (χ1) is 6.79. The van der Waals surface area contributed by atoms with Crippen molar-refractivity contribution in [2.75, 3.05) is 6.26 Å². The lowest BCUT2D eigenvalue weighted by Gasteiger charge is -2.03. The first-order valence-electron chi connectivity index (χ1n) is 3.94. The van der Waals surface area contributed by atoms with Gasteiger partial charge in [0, 0.05) is 5.56 Å². The molecular weight excluding hydrogens is 222 g/mol. The van der Waals surface area contributed by atoms with Crippen molar-refractivity contribution in [2.45, 2.75) is 6.92 Å². The molecule has 1 aromatic carbocycles. The van der Waals surface area contributed by atoms with E-state index in [-0.39, 0.29) is 11.4 Å². The molecule has 6 nitrogen and oxygen atoms in total. The smallest absolute Gasteiger partial charge is 0.306 e. The summed E-state index contributed by atoms with van der Waals surface area (Å²) in [6, 6.07) is 3.87. The Labute approximate surface area is 86.8 Å². The Morgan fingerprint density at radius 2 is 2.00 bits per heavy atom. The topological polar surface area (TPSA) is 86.5 Å². The van der Waals surface area contributed by atoms with Crippen LogP contribution < -0.4 is 4.18 Å². The van der Waals surface area contributed by atoms with Gasteiger partial charge in [-0.1, -0.05) is 0 Å². The van der Waals surface area contributed by atoms with Gasteiger partial charge < -0.3 is 4.18 Å². The van der Waals surface area contributed by atoms with Crippen molar-refractivity contribution in [3.63, 3.8) is 0 Å². The maximum atomic E-state index is 10.8. The second-order valence-corrected chi connectivity index (χ2v) is 4.57. The largest absolute Gasteiger partial charge is 0.382 e. The normalized spacial score (nSPS) is 11.1. The number of benzene rings is 1. The number of nitro groups is 1. The van der Waals surface area contributed by atoms with Crippen molar-refractivity contribution < 1.29 is 17.5 Å². The first-order valence-corrected chi connectivity index (χ1v) is 5.76. The third-order valence-corrected chi connectivity index (χ3v) is 2.12. The monoisotopic (exact) mass is 231 g/mol. The Morgan fingerprint density at radius 1 is 1.40 bits per heavy atom. The Kier molecular flexibility index (Phi) is 2.94. The third kappa shape index (κ3) is 3.21. The van der Waals surface area contributed by atoms with E-state index < -0.39 is 15.0 Å². The minimum Gasteiger partial charge on any atom is -0.382 e. The van der Waals surface area contributed by atoms with Crippen molar-refractivity contribution in [1.82, 2.24) is 0 Å². The molecule has 0 unspecified atom stereocenters. The van der Waals surface area contributed by atoms with Crippen molar-refractivity contribution in [3.05, 3.63) is 33.9 Å². The highest BCUT2D eigenvalue weighted by Gasteiger charge is 2.13. The van der Waals surface area contributed by atoms with E-state index in [2.05, 4.69) is 4.18 Å². The summed E-state index contributed by atoms with van der Waals surface area (Å²) in [5, 5.41) is 10.5. The molecule has 0 saturated carbocycles. The molecule has 0 aliphatic rings. The first kappa shape index (κ1) is 11.4. The quantitative estimate of drug-likeness (QED) is 0.443. The van der Waals surface area contributed by atoms with Crippen LogP contribution in [0.15, 0.2) is 18.2 Å². The Morgan fingerprint density at radius 3 is 2.47 bits per heavy atom. The summed E-state index contributed by atoms with van der Waals surface area (Å²) >= 11 is 0. The lowest BCUT2D eigenvalue weighted by molar-refractivity contribution is -0.385. The van der Waals surface area contributed by atoms with E-state index >= 15 is 0 Å². The van der Waals surface area contributed by atoms with Crippen LogP contribution in [0, 0.1) is 17.0 Å². The second-order valence-electron chi connectivity index (χ2n) is 2.99. The van der Waals surface area contributed by atoms with Crippen molar-refractivity contribution in [1.29, 1.82) is 0 Å². The Balaban J connectivity index is 3.14. The van der Waals surface area contributed by atoms with Crippen LogP contribution in [0.1, 0.15) is 5.56 Å². The van der Waals surface area contributed by atoms with Gasteiger partial charge in [0.05, 0.1) is 17.2 Å². The van der Waals surface area contributed by atoms with Gasteiger partial charge in [0.2, 0.25) is 0 Å². The molecule has 0 saturated heterocycles. The molecule has 0 heterocycles. The Bertz CT molecular complexity index is 494. The molecular formula is C8H9NO5S. The van der Waals surface area contributed by atoms with Crippen molar-refractivity contribution in [3.8, 4) is 5.75 Å². The highest BCUT2D eigenvalue weighted by atomic mass is 32.2. The molecule has 0 atom stereocenters. The molecule has 82 valence electrons. The van der Waals surface area contributed by atoms with Gasteiger partial charge in [-0.05, 0) is 19.1 Å². The minimum atomic E-state index is -3.66. The maximum absolute atomic E-state index is 10.8. The average Bonchev–Trinajstić information content (AvgIpc) is 2.05. The number of rotatable bonds is 3. The van der Waals surface area contributed by atoms with Gasteiger partial charge in [-0.15, -0.1) is 0 Å². The van der Waals surface area contributed by atoms with E-state index in [1.807, 2.05) is 0 Å². The zero-order valence-electron chi connectivity index (χ0n) is 8.13. The molecule has 0 bridgehead atoms. The van der Waals surface area contributed by atoms with E-state index in [4.69, 9.17) is 0 Å². The second kappa shape index (κ2) is 3.85. The lowest BCUT2D eigenvalue weighted by atomic mass is 10.2. The van der Waals surface area contributed by atoms with Crippen LogP contribution >= 0.6 is 0 Å². The van der Waals surface area contributed by atoms with Crippen molar-refractivity contribution >= 4 is 15.8 Å². The van der Waals surface area contributed by atoms with E-state index in [0.717, 1.165) is 12.3 Å². The van der Waals surface area contributed by atoms with Crippen LogP contribution in [-0.4, -0.2) is 19.6 Å². The van der Waals surface area contributed by atoms with Gasteiger partial charge in [0.25, 0.3) is 5.69 Å². The SMILES string of the molecule is Cc1ccc(OS(C)(=O)=O)cc1[N+](=O)[O-]. The molecule has 0 aliphatic heterocycles. The van der Waals surface area contributed by atoms with Gasteiger partial charge >= 0.3 is 10.1 Å². The summed E-state index contributed by atoms with van der Waals surface area (Å²) in [6.07, 6.45) is 0.874. The third-order valence-electron chi connectivity index (χ3n) is 1.62. The average molecular weight is 231 g/mol. The van der Waals surface area contributed by atoms with Crippen LogP contribution in [0.3, 0.4) is 0 Å². The van der Waals surface area contributed by atoms with E-state index in [1.54, 1.807) is 6.92 Å². The summed E-state index contributed by atoms with van der Waals surface area (Å²) in [5.74, 6) is -0.0604. The fourth-order valence-corrected chi connectivity index (χ4v) is 1.47. The molecule has 1 rings (SSSR count). The predicted octanol–water partition coefficient (Wildman–Crippen LogP) is 1.24. The van der Waals surface area contributed by atoms with Crippen LogP contribution in [0.25, 0.3) is 0 Å². The van der Waals surface area contributed by atoms with E-state index in [0.29, 0.717) is 5.56 Å². The van der Waals surface area contributed by atoms with E-state index in [1.165, 1.54) is 12.1 Å². The zero-order valence-corrected chi connectivity index (χ0v) is 8.95. The molecule has 0 spiro atoms. The molecule has 0 aromatic heterocycles. The molecule has 7 heteroatoms. The highest BCUT2D eigenvalue weighted by Crippen LogP contribution is 2.24. The maximum Gasteiger partial charge on any atom is 0.306 e. The molecule has 0 radical (unpaired) electrons. The summed E-state index contributed by atoms with van der Waals surface area (Å²) in [4.78, 5) is 9.95. The molecule has 15 heavy (non-hydrogen) atoms. The standard InChI is InChI=1S/C8H9NO5S/c1-6-3-4-7(14-15(2,12)13)5-8(6)9(10)11/h3-5H,1-2H3. The molecule has 1 aromatic rings. The van der Waals surface area contributed by atoms with Crippen molar-refractivity contribution in [2.24, 2.45) is 0 Å². The van der Waals surface area contributed by atoms with Gasteiger partial charge in [-0.25, -0.2) is 0 Å². The fourth-order valence-electron chi connectivity index (χ4n) is 1.01. The minimum absolute atomic E-state index is 0.0604. The Hall–Kier alpha value is -1.63. The summed E-state index contributed by atoms with van der Waals surface area (Å²) < 4.78 is 26.1. The zero-order chi connectivity index (χ0) is 11.6. The summed E-state index contributed by atoms with van der Waals surface area (Å²) in [5.41, 5.74) is 0.275. The number of hydrogen-bond donors (Lipinski definition) is 0. The number of hydrogen-bond acceptors (Lipinski definition) is 5. The van der Waals surface area contributed by atoms with Gasteiger partial charge in [0.1, 0.15) is 5.75 Å². The van der Waals surface area contributed by atoms with Gasteiger partial charge in [-0.3, -0.25) is 10.1 Å². The lowest BCUT2D eigenvalue weighted by Crippen LogP contribution is -2.06. The van der Waals surface area contributed by atoms with Gasteiger partial charge in [0.15, 0.2) is 0 Å². The van der Waals surface area contributed by atoms with Crippen LogP contribution in [0.5, 0.6) is 5.75 Å². The highest BCUT2D eigenvalue weighted by molar-refractivity contribution is 7.86. The van der Waals surface area contributed by atoms with E-state index in [9.17, 15) is 18.5 Å². The molecule has 0 fully saturated rings. The van der Waals surface area contributed by atoms with Crippen LogP contribution in [-0.2, 0) is 10.1 Å². The number of nitro benzene ring substituents is 1. The molecule has 0 aliphatic carbocycles. The molecule has 0 amide bonds.